The van der Waals surface area contributed by atoms with Gasteiger partial charge >= 0.3 is 0 Å². The molecule has 1 aromatic heterocycles. The van der Waals surface area contributed by atoms with Crippen molar-refractivity contribution in [2.24, 2.45) is 5.41 Å². The first-order chi connectivity index (χ1) is 8.51. The molecule has 0 spiro atoms. The third-order valence-electron chi connectivity index (χ3n) is 3.79. The lowest BCUT2D eigenvalue weighted by Crippen LogP contribution is -2.46. The number of carbonyl (C=O) groups is 1. The SMILES string of the molecule is Cc1ccc(C(C)NC(=O)C2(C)CCNCC2)s1. The number of carbonyl (C=O) groups excluding carboxylic acids is 1. The number of thiophene rings is 1. The van der Waals surface area contributed by atoms with E-state index in [2.05, 4.69) is 43.5 Å². The molecule has 4 heteroatoms. The molecule has 0 saturated carbocycles. The van der Waals surface area contributed by atoms with E-state index in [0.717, 1.165) is 25.9 Å². The van der Waals surface area contributed by atoms with E-state index in [4.69, 9.17) is 0 Å². The zero-order valence-electron chi connectivity index (χ0n) is 11.4. The Bertz CT molecular complexity index is 421. The Balaban J connectivity index is 1.98. The van der Waals surface area contributed by atoms with Gasteiger partial charge in [-0.3, -0.25) is 4.79 Å². The lowest BCUT2D eigenvalue weighted by Gasteiger charge is -2.33. The molecule has 3 nitrogen and oxygen atoms in total. The summed E-state index contributed by atoms with van der Waals surface area (Å²) in [6.45, 7) is 8.12. The Kier molecular flexibility index (Phi) is 4.07. The first-order valence-corrected chi connectivity index (χ1v) is 7.41. The molecule has 1 amide bonds. The summed E-state index contributed by atoms with van der Waals surface area (Å²) in [5, 5.41) is 6.47. The fraction of sp³-hybridized carbons (Fsp3) is 0.643. The minimum atomic E-state index is -0.203. The molecule has 18 heavy (non-hydrogen) atoms. The molecule has 1 unspecified atom stereocenters. The number of rotatable bonds is 3. The van der Waals surface area contributed by atoms with E-state index in [1.54, 1.807) is 11.3 Å². The molecule has 2 rings (SSSR count). The van der Waals surface area contributed by atoms with Crippen LogP contribution in [-0.2, 0) is 4.79 Å². The molecular weight excluding hydrogens is 244 g/mol. The first-order valence-electron chi connectivity index (χ1n) is 6.59. The van der Waals surface area contributed by atoms with Crippen LogP contribution >= 0.6 is 11.3 Å². The number of hydrogen-bond acceptors (Lipinski definition) is 3. The Labute approximate surface area is 113 Å². The van der Waals surface area contributed by atoms with Crippen LogP contribution in [0.2, 0.25) is 0 Å². The average Bonchev–Trinajstić information content (AvgIpc) is 2.77. The Morgan fingerprint density at radius 2 is 2.11 bits per heavy atom. The maximum atomic E-state index is 12.4. The minimum Gasteiger partial charge on any atom is -0.348 e. The first kappa shape index (κ1) is 13.6. The molecule has 1 atom stereocenters. The highest BCUT2D eigenvalue weighted by molar-refractivity contribution is 7.12. The topological polar surface area (TPSA) is 41.1 Å². The van der Waals surface area contributed by atoms with Crippen molar-refractivity contribution in [2.75, 3.05) is 13.1 Å². The highest BCUT2D eigenvalue weighted by atomic mass is 32.1. The Hall–Kier alpha value is -0.870. The molecule has 0 radical (unpaired) electrons. The standard InChI is InChI=1S/C14H22N2OS/c1-10-4-5-12(18-10)11(2)16-13(17)14(3)6-8-15-9-7-14/h4-5,11,15H,6-9H2,1-3H3,(H,16,17). The molecule has 100 valence electrons. The summed E-state index contributed by atoms with van der Waals surface area (Å²) in [5.41, 5.74) is -0.203. The molecule has 0 bridgehead atoms. The second kappa shape index (κ2) is 5.41. The van der Waals surface area contributed by atoms with E-state index in [0.29, 0.717) is 0 Å². The van der Waals surface area contributed by atoms with Gasteiger partial charge in [-0.05, 0) is 51.9 Å². The highest BCUT2D eigenvalue weighted by Crippen LogP contribution is 2.30. The molecule has 0 aromatic carbocycles. The van der Waals surface area contributed by atoms with Gasteiger partial charge in [0.15, 0.2) is 0 Å². The smallest absolute Gasteiger partial charge is 0.226 e. The average molecular weight is 266 g/mol. The van der Waals surface area contributed by atoms with Gasteiger partial charge in [-0.25, -0.2) is 0 Å². The minimum absolute atomic E-state index is 0.114. The van der Waals surface area contributed by atoms with E-state index < -0.39 is 0 Å². The zero-order valence-corrected chi connectivity index (χ0v) is 12.2. The van der Waals surface area contributed by atoms with Crippen molar-refractivity contribution in [1.29, 1.82) is 0 Å². The van der Waals surface area contributed by atoms with Crippen LogP contribution in [0.4, 0.5) is 0 Å². The number of nitrogens with one attached hydrogen (secondary N) is 2. The summed E-state index contributed by atoms with van der Waals surface area (Å²) < 4.78 is 0. The predicted octanol–water partition coefficient (Wildman–Crippen LogP) is 2.62. The second-order valence-electron chi connectivity index (χ2n) is 5.45. The van der Waals surface area contributed by atoms with Gasteiger partial charge in [0, 0.05) is 15.2 Å². The van der Waals surface area contributed by atoms with Crippen molar-refractivity contribution in [3.05, 3.63) is 21.9 Å². The van der Waals surface area contributed by atoms with Gasteiger partial charge in [-0.2, -0.15) is 0 Å². The molecule has 1 aliphatic heterocycles. The summed E-state index contributed by atoms with van der Waals surface area (Å²) in [5.74, 6) is 0.197. The largest absolute Gasteiger partial charge is 0.348 e. The maximum absolute atomic E-state index is 12.4. The lowest BCUT2D eigenvalue weighted by molar-refractivity contribution is -0.132. The molecule has 1 saturated heterocycles. The van der Waals surface area contributed by atoms with Crippen LogP contribution < -0.4 is 10.6 Å². The van der Waals surface area contributed by atoms with Crippen LogP contribution in [-0.4, -0.2) is 19.0 Å². The summed E-state index contributed by atoms with van der Waals surface area (Å²) in [6.07, 6.45) is 1.85. The van der Waals surface area contributed by atoms with Gasteiger partial charge in [-0.1, -0.05) is 6.92 Å². The lowest BCUT2D eigenvalue weighted by atomic mass is 9.80. The van der Waals surface area contributed by atoms with Crippen molar-refractivity contribution in [3.8, 4) is 0 Å². The van der Waals surface area contributed by atoms with Crippen LogP contribution in [0.1, 0.15) is 42.5 Å². The summed E-state index contributed by atoms with van der Waals surface area (Å²) in [4.78, 5) is 14.9. The number of hydrogen-bond donors (Lipinski definition) is 2. The van der Waals surface area contributed by atoms with Gasteiger partial charge in [0.2, 0.25) is 5.91 Å². The van der Waals surface area contributed by atoms with Gasteiger partial charge in [0.1, 0.15) is 0 Å². The summed E-state index contributed by atoms with van der Waals surface area (Å²) >= 11 is 1.76. The monoisotopic (exact) mass is 266 g/mol. The van der Waals surface area contributed by atoms with Crippen molar-refractivity contribution in [3.63, 3.8) is 0 Å². The van der Waals surface area contributed by atoms with Crippen molar-refractivity contribution >= 4 is 17.2 Å². The van der Waals surface area contributed by atoms with Gasteiger partial charge in [0.25, 0.3) is 0 Å². The fourth-order valence-electron chi connectivity index (χ4n) is 2.33. The quantitative estimate of drug-likeness (QED) is 0.883. The van der Waals surface area contributed by atoms with Crippen LogP contribution in [0.15, 0.2) is 12.1 Å². The maximum Gasteiger partial charge on any atom is 0.226 e. The van der Waals surface area contributed by atoms with E-state index in [9.17, 15) is 4.79 Å². The fourth-order valence-corrected chi connectivity index (χ4v) is 3.21. The van der Waals surface area contributed by atoms with Gasteiger partial charge < -0.3 is 10.6 Å². The zero-order chi connectivity index (χ0) is 13.2. The number of piperidine rings is 1. The molecule has 1 aromatic rings. The van der Waals surface area contributed by atoms with E-state index in [1.165, 1.54) is 9.75 Å². The number of aryl methyl sites for hydroxylation is 1. The van der Waals surface area contributed by atoms with Crippen LogP contribution in [0.25, 0.3) is 0 Å². The van der Waals surface area contributed by atoms with Crippen molar-refractivity contribution < 1.29 is 4.79 Å². The third kappa shape index (κ3) is 2.93. The van der Waals surface area contributed by atoms with Crippen molar-refractivity contribution in [2.45, 2.75) is 39.7 Å². The Morgan fingerprint density at radius 1 is 1.44 bits per heavy atom. The van der Waals surface area contributed by atoms with Crippen LogP contribution in [0.5, 0.6) is 0 Å². The second-order valence-corrected chi connectivity index (χ2v) is 6.77. The Morgan fingerprint density at radius 3 is 2.67 bits per heavy atom. The molecule has 0 aliphatic carbocycles. The molecule has 1 aliphatic rings. The molecule has 1 fully saturated rings. The normalized spacial score (nSPS) is 20.4. The third-order valence-corrected chi connectivity index (χ3v) is 4.97. The molecular formula is C14H22N2OS. The van der Waals surface area contributed by atoms with Crippen LogP contribution in [0, 0.1) is 12.3 Å². The van der Waals surface area contributed by atoms with Gasteiger partial charge in [0.05, 0.1) is 6.04 Å². The van der Waals surface area contributed by atoms with Crippen molar-refractivity contribution in [1.82, 2.24) is 10.6 Å². The highest BCUT2D eigenvalue weighted by Gasteiger charge is 2.35. The van der Waals surface area contributed by atoms with E-state index in [1.807, 2.05) is 0 Å². The predicted molar refractivity (Wildman–Crippen MR) is 75.8 cm³/mol. The summed E-state index contributed by atoms with van der Waals surface area (Å²) in [6, 6.07) is 4.33. The van der Waals surface area contributed by atoms with E-state index >= 15 is 0 Å². The molecule has 2 N–H and O–H groups in total. The molecule has 2 heterocycles. The van der Waals surface area contributed by atoms with Gasteiger partial charge in [-0.15, -0.1) is 11.3 Å². The van der Waals surface area contributed by atoms with Crippen LogP contribution in [0.3, 0.4) is 0 Å². The summed E-state index contributed by atoms with van der Waals surface area (Å²) in [7, 11) is 0. The van der Waals surface area contributed by atoms with E-state index in [-0.39, 0.29) is 17.4 Å². The number of amides is 1.